The van der Waals surface area contributed by atoms with E-state index < -0.39 is 0 Å². The lowest BCUT2D eigenvalue weighted by molar-refractivity contribution is 0.410. The summed E-state index contributed by atoms with van der Waals surface area (Å²) in [6.45, 7) is 5.67. The molecule has 5 heteroatoms. The smallest absolute Gasteiger partial charge is 0.232 e. The molecular formula is C22H26N4O. The second kappa shape index (κ2) is 9.03. The quantitative estimate of drug-likeness (QED) is 0.634. The Balaban J connectivity index is 1.73. The van der Waals surface area contributed by atoms with Crippen LogP contribution in [-0.4, -0.2) is 30.2 Å². The fourth-order valence-electron chi connectivity index (χ4n) is 3.05. The number of nitrogens with zero attached hydrogens (tertiary/aromatic N) is 3. The molecule has 0 bridgehead atoms. The van der Waals surface area contributed by atoms with E-state index in [1.807, 2.05) is 49.4 Å². The summed E-state index contributed by atoms with van der Waals surface area (Å²) in [6.07, 6.45) is 0.860. The van der Waals surface area contributed by atoms with Gasteiger partial charge in [0.2, 0.25) is 5.95 Å². The van der Waals surface area contributed by atoms with Gasteiger partial charge >= 0.3 is 0 Å². The van der Waals surface area contributed by atoms with Crippen LogP contribution in [0.2, 0.25) is 0 Å². The standard InChI is InChI=1S/C22H26N4O/c1-4-26(19-11-6-5-7-12-19)22-24-17(2)16-21(25-22)23-15-14-18-10-8-9-13-20(18)27-3/h5-13,16H,4,14-15H2,1-3H3,(H,23,24,25). The minimum absolute atomic E-state index is 0.712. The third kappa shape index (κ3) is 4.76. The highest BCUT2D eigenvalue weighted by atomic mass is 16.5. The van der Waals surface area contributed by atoms with E-state index in [0.29, 0.717) is 5.95 Å². The molecule has 2 aromatic carbocycles. The van der Waals surface area contributed by atoms with Crippen molar-refractivity contribution in [2.45, 2.75) is 20.3 Å². The fraction of sp³-hybridized carbons (Fsp3) is 0.273. The van der Waals surface area contributed by atoms with Gasteiger partial charge in [0, 0.05) is 30.5 Å². The first kappa shape index (κ1) is 18.7. The van der Waals surface area contributed by atoms with Crippen molar-refractivity contribution in [3.63, 3.8) is 0 Å². The Morgan fingerprint density at radius 3 is 2.48 bits per heavy atom. The molecule has 1 N–H and O–H groups in total. The van der Waals surface area contributed by atoms with Gasteiger partial charge in [-0.2, -0.15) is 4.98 Å². The van der Waals surface area contributed by atoms with Crippen LogP contribution in [0.1, 0.15) is 18.2 Å². The lowest BCUT2D eigenvalue weighted by Gasteiger charge is -2.22. The summed E-state index contributed by atoms with van der Waals surface area (Å²) < 4.78 is 5.42. The molecule has 0 saturated heterocycles. The second-order valence-corrected chi connectivity index (χ2v) is 6.26. The molecule has 3 aromatic rings. The molecule has 0 amide bonds. The van der Waals surface area contributed by atoms with Crippen molar-refractivity contribution in [2.24, 2.45) is 0 Å². The summed E-state index contributed by atoms with van der Waals surface area (Å²) in [6, 6.07) is 20.3. The van der Waals surface area contributed by atoms with Crippen molar-refractivity contribution < 1.29 is 4.74 Å². The molecule has 3 rings (SSSR count). The Hall–Kier alpha value is -3.08. The van der Waals surface area contributed by atoms with Crippen LogP contribution in [0.4, 0.5) is 17.5 Å². The number of aromatic nitrogens is 2. The summed E-state index contributed by atoms with van der Waals surface area (Å²) in [5, 5.41) is 3.42. The molecule has 0 aliphatic rings. The predicted molar refractivity (Wildman–Crippen MR) is 111 cm³/mol. The van der Waals surface area contributed by atoms with Crippen LogP contribution >= 0.6 is 0 Å². The van der Waals surface area contributed by atoms with Crippen LogP contribution in [-0.2, 0) is 6.42 Å². The molecule has 0 aliphatic heterocycles. The predicted octanol–water partition coefficient (Wildman–Crippen LogP) is 4.61. The summed E-state index contributed by atoms with van der Waals surface area (Å²) >= 11 is 0. The molecule has 1 heterocycles. The number of hydrogen-bond acceptors (Lipinski definition) is 5. The summed E-state index contributed by atoms with van der Waals surface area (Å²) in [5.41, 5.74) is 3.21. The zero-order chi connectivity index (χ0) is 19.1. The van der Waals surface area contributed by atoms with Crippen LogP contribution in [0.5, 0.6) is 5.75 Å². The van der Waals surface area contributed by atoms with Gasteiger partial charge in [-0.15, -0.1) is 0 Å². The van der Waals surface area contributed by atoms with Crippen LogP contribution < -0.4 is 15.0 Å². The van der Waals surface area contributed by atoms with Crippen molar-refractivity contribution in [3.8, 4) is 5.75 Å². The van der Waals surface area contributed by atoms with Crippen molar-refractivity contribution in [2.75, 3.05) is 30.4 Å². The number of benzene rings is 2. The highest BCUT2D eigenvalue weighted by Crippen LogP contribution is 2.23. The van der Waals surface area contributed by atoms with Gasteiger partial charge in [0.25, 0.3) is 0 Å². The highest BCUT2D eigenvalue weighted by Gasteiger charge is 2.12. The third-order valence-electron chi connectivity index (χ3n) is 4.36. The van der Waals surface area contributed by atoms with Crippen molar-refractivity contribution in [1.29, 1.82) is 0 Å². The van der Waals surface area contributed by atoms with Crippen LogP contribution in [0.15, 0.2) is 60.7 Å². The van der Waals surface area contributed by atoms with E-state index >= 15 is 0 Å². The zero-order valence-electron chi connectivity index (χ0n) is 16.1. The van der Waals surface area contributed by atoms with Gasteiger partial charge < -0.3 is 15.0 Å². The van der Waals surface area contributed by atoms with Crippen LogP contribution in [0.3, 0.4) is 0 Å². The Kier molecular flexibility index (Phi) is 6.26. The molecule has 5 nitrogen and oxygen atoms in total. The first-order valence-corrected chi connectivity index (χ1v) is 9.25. The third-order valence-corrected chi connectivity index (χ3v) is 4.36. The maximum Gasteiger partial charge on any atom is 0.232 e. The van der Waals surface area contributed by atoms with Gasteiger partial charge in [0.15, 0.2) is 0 Å². The normalized spacial score (nSPS) is 10.5. The van der Waals surface area contributed by atoms with Gasteiger partial charge in [0.05, 0.1) is 7.11 Å². The van der Waals surface area contributed by atoms with Gasteiger partial charge in [-0.1, -0.05) is 36.4 Å². The molecule has 0 aliphatic carbocycles. The number of rotatable bonds is 8. The number of hydrogen-bond donors (Lipinski definition) is 1. The molecule has 0 unspecified atom stereocenters. The molecule has 0 fully saturated rings. The lowest BCUT2D eigenvalue weighted by Crippen LogP contribution is -2.20. The monoisotopic (exact) mass is 362 g/mol. The lowest BCUT2D eigenvalue weighted by atomic mass is 10.1. The average molecular weight is 362 g/mol. The maximum absolute atomic E-state index is 5.42. The number of nitrogens with one attached hydrogen (secondary N) is 1. The Morgan fingerprint density at radius 2 is 1.74 bits per heavy atom. The summed E-state index contributed by atoms with van der Waals surface area (Å²) in [7, 11) is 1.70. The number of anilines is 3. The van der Waals surface area contributed by atoms with Crippen LogP contribution in [0, 0.1) is 6.92 Å². The molecule has 0 radical (unpaired) electrons. The summed E-state index contributed by atoms with van der Waals surface area (Å²) in [4.78, 5) is 11.5. The SMILES string of the molecule is CCN(c1ccccc1)c1nc(C)cc(NCCc2ccccc2OC)n1. The number of ether oxygens (including phenoxy) is 1. The molecule has 140 valence electrons. The molecule has 1 aromatic heterocycles. The molecule has 27 heavy (non-hydrogen) atoms. The van der Waals surface area contributed by atoms with Gasteiger partial charge in [-0.3, -0.25) is 0 Å². The number of para-hydroxylation sites is 2. The highest BCUT2D eigenvalue weighted by molar-refractivity contribution is 5.58. The minimum Gasteiger partial charge on any atom is -0.496 e. The van der Waals surface area contributed by atoms with E-state index in [1.165, 1.54) is 5.56 Å². The molecule has 0 spiro atoms. The van der Waals surface area contributed by atoms with E-state index in [2.05, 4.69) is 40.3 Å². The van der Waals surface area contributed by atoms with E-state index in [4.69, 9.17) is 9.72 Å². The number of methoxy groups -OCH3 is 1. The van der Waals surface area contributed by atoms with Crippen molar-refractivity contribution in [3.05, 3.63) is 71.9 Å². The van der Waals surface area contributed by atoms with Crippen molar-refractivity contribution in [1.82, 2.24) is 9.97 Å². The van der Waals surface area contributed by atoms with Crippen molar-refractivity contribution >= 4 is 17.5 Å². The Labute approximate surface area is 161 Å². The van der Waals surface area contributed by atoms with Gasteiger partial charge in [-0.25, -0.2) is 4.98 Å². The first-order valence-electron chi connectivity index (χ1n) is 9.25. The number of aryl methyl sites for hydroxylation is 1. The first-order chi connectivity index (χ1) is 13.2. The zero-order valence-corrected chi connectivity index (χ0v) is 16.1. The van der Waals surface area contributed by atoms with Crippen LogP contribution in [0.25, 0.3) is 0 Å². The minimum atomic E-state index is 0.712. The van der Waals surface area contributed by atoms with E-state index in [1.54, 1.807) is 7.11 Å². The second-order valence-electron chi connectivity index (χ2n) is 6.26. The van der Waals surface area contributed by atoms with E-state index in [0.717, 1.165) is 42.5 Å². The molecular weight excluding hydrogens is 336 g/mol. The largest absolute Gasteiger partial charge is 0.496 e. The van der Waals surface area contributed by atoms with E-state index in [-0.39, 0.29) is 0 Å². The molecule has 0 atom stereocenters. The summed E-state index contributed by atoms with van der Waals surface area (Å²) in [5.74, 6) is 2.46. The topological polar surface area (TPSA) is 50.3 Å². The van der Waals surface area contributed by atoms with E-state index in [9.17, 15) is 0 Å². The maximum atomic E-state index is 5.42. The Morgan fingerprint density at radius 1 is 1.00 bits per heavy atom. The van der Waals surface area contributed by atoms with Gasteiger partial charge in [0.1, 0.15) is 11.6 Å². The van der Waals surface area contributed by atoms with Gasteiger partial charge in [-0.05, 0) is 44.0 Å². The Bertz CT molecular complexity index is 867. The fourth-order valence-corrected chi connectivity index (χ4v) is 3.05. The molecule has 0 saturated carbocycles. The average Bonchev–Trinajstić information content (AvgIpc) is 2.69.